The highest BCUT2D eigenvalue weighted by Gasteiger charge is 2.07. The van der Waals surface area contributed by atoms with Crippen molar-refractivity contribution in [3.63, 3.8) is 0 Å². The number of rotatable bonds is 3. The Morgan fingerprint density at radius 3 is 3.00 bits per heavy atom. The number of thioether (sulfide) groups is 1. The second kappa shape index (κ2) is 4.37. The molecule has 15 heavy (non-hydrogen) atoms. The van der Waals surface area contributed by atoms with Gasteiger partial charge in [0.2, 0.25) is 0 Å². The minimum Gasteiger partial charge on any atom is -0.383 e. The van der Waals surface area contributed by atoms with E-state index in [2.05, 4.69) is 23.8 Å². The van der Waals surface area contributed by atoms with Gasteiger partial charge in [-0.05, 0) is 18.7 Å². The number of anilines is 1. The van der Waals surface area contributed by atoms with Gasteiger partial charge in [-0.2, -0.15) is 11.8 Å². The number of fused-ring (bicyclic) bond motifs is 1. The van der Waals surface area contributed by atoms with Crippen molar-refractivity contribution in [1.82, 2.24) is 9.97 Å². The zero-order valence-corrected chi connectivity index (χ0v) is 10.4. The van der Waals surface area contributed by atoms with Gasteiger partial charge < -0.3 is 5.73 Å². The van der Waals surface area contributed by atoms with Gasteiger partial charge in [0.1, 0.15) is 16.5 Å². The Labute approximate surface area is 97.1 Å². The van der Waals surface area contributed by atoms with Gasteiger partial charge in [0.15, 0.2) is 0 Å². The Morgan fingerprint density at radius 2 is 2.27 bits per heavy atom. The van der Waals surface area contributed by atoms with Crippen LogP contribution in [0.15, 0.2) is 6.07 Å². The van der Waals surface area contributed by atoms with Crippen LogP contribution in [0.5, 0.6) is 0 Å². The molecule has 0 aromatic carbocycles. The minimum absolute atomic E-state index is 0.607. The van der Waals surface area contributed by atoms with Gasteiger partial charge in [-0.25, -0.2) is 9.97 Å². The van der Waals surface area contributed by atoms with Crippen LogP contribution in [0, 0.1) is 6.92 Å². The molecule has 0 amide bonds. The van der Waals surface area contributed by atoms with Crippen LogP contribution < -0.4 is 5.73 Å². The molecule has 0 unspecified atom stereocenters. The molecule has 2 aromatic heterocycles. The van der Waals surface area contributed by atoms with Crippen molar-refractivity contribution >= 4 is 39.1 Å². The molecule has 2 heterocycles. The highest BCUT2D eigenvalue weighted by atomic mass is 32.2. The lowest BCUT2D eigenvalue weighted by Crippen LogP contribution is -1.98. The molecule has 0 fully saturated rings. The van der Waals surface area contributed by atoms with E-state index < -0.39 is 0 Å². The third-order valence-electron chi connectivity index (χ3n) is 2.03. The fourth-order valence-electron chi connectivity index (χ4n) is 1.37. The summed E-state index contributed by atoms with van der Waals surface area (Å²) < 4.78 is 0. The molecule has 2 aromatic rings. The summed E-state index contributed by atoms with van der Waals surface area (Å²) in [6.07, 6.45) is 0. The summed E-state index contributed by atoms with van der Waals surface area (Å²) >= 11 is 3.48. The molecule has 0 aliphatic rings. The molecule has 0 saturated carbocycles. The lowest BCUT2D eigenvalue weighted by Gasteiger charge is -2.00. The van der Waals surface area contributed by atoms with Crippen LogP contribution in [0.3, 0.4) is 0 Å². The molecular weight excluding hydrogens is 226 g/mol. The maximum Gasteiger partial charge on any atom is 0.142 e. The van der Waals surface area contributed by atoms with E-state index in [0.29, 0.717) is 5.82 Å². The topological polar surface area (TPSA) is 51.8 Å². The Bertz CT molecular complexity index is 479. The molecule has 3 nitrogen and oxygen atoms in total. The van der Waals surface area contributed by atoms with Gasteiger partial charge in [-0.3, -0.25) is 0 Å². The van der Waals surface area contributed by atoms with Crippen LogP contribution >= 0.6 is 23.1 Å². The normalized spacial score (nSPS) is 11.1. The predicted molar refractivity (Wildman–Crippen MR) is 68.4 cm³/mol. The van der Waals surface area contributed by atoms with Crippen LogP contribution in [-0.4, -0.2) is 15.7 Å². The van der Waals surface area contributed by atoms with Crippen LogP contribution in [0.2, 0.25) is 0 Å². The van der Waals surface area contributed by atoms with Crippen molar-refractivity contribution in [3.8, 4) is 0 Å². The lowest BCUT2D eigenvalue weighted by molar-refractivity contribution is 1.08. The Morgan fingerprint density at radius 1 is 1.47 bits per heavy atom. The predicted octanol–water partition coefficient (Wildman–Crippen LogP) is 2.84. The van der Waals surface area contributed by atoms with Crippen LogP contribution in [0.4, 0.5) is 5.82 Å². The zero-order chi connectivity index (χ0) is 10.8. The minimum atomic E-state index is 0.607. The number of aromatic nitrogens is 2. The average Bonchev–Trinajstić information content (AvgIpc) is 2.56. The van der Waals surface area contributed by atoms with Crippen molar-refractivity contribution in [2.75, 3.05) is 11.5 Å². The first-order valence-electron chi connectivity index (χ1n) is 4.81. The summed E-state index contributed by atoms with van der Waals surface area (Å²) in [6.45, 7) is 4.19. The van der Waals surface area contributed by atoms with E-state index in [1.807, 2.05) is 17.8 Å². The average molecular weight is 239 g/mol. The Hall–Kier alpha value is -0.810. The van der Waals surface area contributed by atoms with Crippen LogP contribution in [0.25, 0.3) is 10.2 Å². The number of nitrogens with zero attached hydrogens (tertiary/aromatic N) is 2. The summed E-state index contributed by atoms with van der Waals surface area (Å²) in [5.74, 6) is 3.36. The standard InChI is InChI=1S/C10H13N3S2/c1-3-14-5-8-12-9(11)7-4-6(2)15-10(7)13-8/h4H,3,5H2,1-2H3,(H2,11,12,13). The van der Waals surface area contributed by atoms with Gasteiger partial charge in [0.25, 0.3) is 0 Å². The molecule has 5 heteroatoms. The summed E-state index contributed by atoms with van der Waals surface area (Å²) in [5.41, 5.74) is 5.89. The monoisotopic (exact) mass is 239 g/mol. The van der Waals surface area contributed by atoms with Gasteiger partial charge in [0, 0.05) is 4.88 Å². The SMILES string of the molecule is CCSCc1nc(N)c2cc(C)sc2n1. The number of aryl methyl sites for hydroxylation is 1. The van der Waals surface area contributed by atoms with Gasteiger partial charge in [0.05, 0.1) is 11.1 Å². The lowest BCUT2D eigenvalue weighted by atomic mass is 10.3. The first kappa shape index (κ1) is 10.7. The van der Waals surface area contributed by atoms with Crippen molar-refractivity contribution in [2.45, 2.75) is 19.6 Å². The van der Waals surface area contributed by atoms with Gasteiger partial charge in [-0.15, -0.1) is 11.3 Å². The molecule has 2 rings (SSSR count). The number of hydrogen-bond donors (Lipinski definition) is 1. The second-order valence-corrected chi connectivity index (χ2v) is 5.75. The quantitative estimate of drug-likeness (QED) is 0.895. The fourth-order valence-corrected chi connectivity index (χ4v) is 2.79. The van der Waals surface area contributed by atoms with Gasteiger partial charge >= 0.3 is 0 Å². The summed E-state index contributed by atoms with van der Waals surface area (Å²) in [6, 6.07) is 2.05. The summed E-state index contributed by atoms with van der Waals surface area (Å²) in [5, 5.41) is 0.989. The van der Waals surface area contributed by atoms with Crippen LogP contribution in [0.1, 0.15) is 17.6 Å². The molecule has 0 spiro atoms. The Kier molecular flexibility index (Phi) is 3.11. The van der Waals surface area contributed by atoms with E-state index in [1.165, 1.54) is 4.88 Å². The highest BCUT2D eigenvalue weighted by Crippen LogP contribution is 2.27. The summed E-state index contributed by atoms with van der Waals surface area (Å²) in [4.78, 5) is 11.0. The zero-order valence-electron chi connectivity index (χ0n) is 8.78. The van der Waals surface area contributed by atoms with Crippen molar-refractivity contribution in [3.05, 3.63) is 16.8 Å². The van der Waals surface area contributed by atoms with Crippen molar-refractivity contribution in [2.24, 2.45) is 0 Å². The van der Waals surface area contributed by atoms with E-state index in [1.54, 1.807) is 11.3 Å². The fraction of sp³-hybridized carbons (Fsp3) is 0.400. The molecule has 0 aliphatic carbocycles. The van der Waals surface area contributed by atoms with E-state index >= 15 is 0 Å². The summed E-state index contributed by atoms with van der Waals surface area (Å²) in [7, 11) is 0. The molecule has 0 aliphatic heterocycles. The molecule has 0 bridgehead atoms. The number of nitrogens with two attached hydrogens (primary N) is 1. The van der Waals surface area contributed by atoms with E-state index in [4.69, 9.17) is 5.73 Å². The Balaban J connectivity index is 2.42. The first-order chi connectivity index (χ1) is 7.20. The third-order valence-corrected chi connectivity index (χ3v) is 3.84. The maximum absolute atomic E-state index is 5.89. The van der Waals surface area contributed by atoms with Gasteiger partial charge in [-0.1, -0.05) is 6.92 Å². The third kappa shape index (κ3) is 2.23. The molecule has 0 atom stereocenters. The first-order valence-corrected chi connectivity index (χ1v) is 6.78. The van der Waals surface area contributed by atoms with Crippen molar-refractivity contribution < 1.29 is 0 Å². The largest absolute Gasteiger partial charge is 0.383 e. The van der Waals surface area contributed by atoms with Crippen LogP contribution in [-0.2, 0) is 5.75 Å². The molecule has 0 saturated heterocycles. The van der Waals surface area contributed by atoms with E-state index in [0.717, 1.165) is 27.5 Å². The maximum atomic E-state index is 5.89. The van der Waals surface area contributed by atoms with E-state index in [9.17, 15) is 0 Å². The number of hydrogen-bond acceptors (Lipinski definition) is 5. The second-order valence-electron chi connectivity index (χ2n) is 3.24. The van der Waals surface area contributed by atoms with E-state index in [-0.39, 0.29) is 0 Å². The number of nitrogen functional groups attached to an aromatic ring is 1. The molecule has 0 radical (unpaired) electrons. The number of thiophene rings is 1. The molecule has 80 valence electrons. The highest BCUT2D eigenvalue weighted by molar-refractivity contribution is 7.98. The molecular formula is C10H13N3S2. The molecule has 2 N–H and O–H groups in total. The van der Waals surface area contributed by atoms with Crippen molar-refractivity contribution in [1.29, 1.82) is 0 Å². The smallest absolute Gasteiger partial charge is 0.142 e.